The first-order valence-corrected chi connectivity index (χ1v) is 6.23. The normalized spacial score (nSPS) is 10.1. The second-order valence-electron chi connectivity index (χ2n) is 3.78. The van der Waals surface area contributed by atoms with E-state index in [4.69, 9.17) is 16.3 Å². The summed E-state index contributed by atoms with van der Waals surface area (Å²) < 4.78 is 5.70. The maximum absolute atomic E-state index is 5.82. The Kier molecular flexibility index (Phi) is 4.42. The fraction of sp³-hybridized carbons (Fsp3) is 0.214. The van der Waals surface area contributed by atoms with Crippen molar-refractivity contribution in [2.75, 3.05) is 11.9 Å². The molecule has 0 spiro atoms. The summed E-state index contributed by atoms with van der Waals surface area (Å²) >= 11 is 5.82. The van der Waals surface area contributed by atoms with Crippen molar-refractivity contribution in [3.63, 3.8) is 0 Å². The molecule has 0 atom stereocenters. The van der Waals surface area contributed by atoms with Crippen molar-refractivity contribution in [3.8, 4) is 5.75 Å². The van der Waals surface area contributed by atoms with E-state index in [-0.39, 0.29) is 0 Å². The Morgan fingerprint density at radius 1 is 1.22 bits per heavy atom. The van der Waals surface area contributed by atoms with E-state index in [0.29, 0.717) is 11.6 Å². The fourth-order valence-electron chi connectivity index (χ4n) is 1.57. The zero-order chi connectivity index (χ0) is 12.8. The predicted molar refractivity (Wildman–Crippen MR) is 74.2 cm³/mol. The molecular formula is C14H15ClN2O. The largest absolute Gasteiger partial charge is 0.489 e. The van der Waals surface area contributed by atoms with Crippen LogP contribution in [0.5, 0.6) is 5.75 Å². The van der Waals surface area contributed by atoms with Crippen molar-refractivity contribution in [3.05, 3.63) is 53.2 Å². The smallest absolute Gasteiger partial charge is 0.132 e. The Labute approximate surface area is 112 Å². The Bertz CT molecular complexity index is 499. The molecule has 0 unspecified atom stereocenters. The first-order valence-electron chi connectivity index (χ1n) is 5.85. The minimum Gasteiger partial charge on any atom is -0.489 e. The molecule has 0 amide bonds. The van der Waals surface area contributed by atoms with Gasteiger partial charge in [0.1, 0.15) is 18.2 Å². The number of aromatic nitrogens is 1. The summed E-state index contributed by atoms with van der Waals surface area (Å²) in [6.45, 7) is 3.36. The van der Waals surface area contributed by atoms with Crippen LogP contribution in [0.1, 0.15) is 12.5 Å². The van der Waals surface area contributed by atoms with Gasteiger partial charge in [-0.05, 0) is 37.3 Å². The van der Waals surface area contributed by atoms with Crippen LogP contribution in [0.25, 0.3) is 0 Å². The predicted octanol–water partition coefficient (Wildman–Crippen LogP) is 3.75. The number of hydrogen-bond donors (Lipinski definition) is 1. The maximum Gasteiger partial charge on any atom is 0.132 e. The highest BCUT2D eigenvalue weighted by Gasteiger charge is 2.03. The van der Waals surface area contributed by atoms with Crippen molar-refractivity contribution in [1.29, 1.82) is 0 Å². The van der Waals surface area contributed by atoms with Gasteiger partial charge in [0.2, 0.25) is 0 Å². The van der Waals surface area contributed by atoms with Gasteiger partial charge in [0.25, 0.3) is 0 Å². The van der Waals surface area contributed by atoms with E-state index in [1.165, 1.54) is 0 Å². The molecule has 0 fully saturated rings. The number of ether oxygens (including phenoxy) is 1. The SMILES string of the molecule is CCNc1ncccc1COc1ccc(Cl)cc1. The van der Waals surface area contributed by atoms with Crippen LogP contribution in [-0.2, 0) is 6.61 Å². The molecule has 0 saturated heterocycles. The standard InChI is InChI=1S/C14H15ClN2O/c1-2-16-14-11(4-3-9-17-14)10-18-13-7-5-12(15)6-8-13/h3-9H,2,10H2,1H3,(H,16,17). The van der Waals surface area contributed by atoms with Crippen molar-refractivity contribution >= 4 is 17.4 Å². The third kappa shape index (κ3) is 3.37. The minimum atomic E-state index is 0.484. The average molecular weight is 263 g/mol. The highest BCUT2D eigenvalue weighted by molar-refractivity contribution is 6.30. The van der Waals surface area contributed by atoms with Gasteiger partial charge in [0, 0.05) is 23.3 Å². The molecule has 1 aromatic heterocycles. The molecule has 1 aromatic carbocycles. The third-order valence-electron chi connectivity index (χ3n) is 2.44. The van der Waals surface area contributed by atoms with Gasteiger partial charge in [-0.15, -0.1) is 0 Å². The Morgan fingerprint density at radius 2 is 2.00 bits per heavy atom. The van der Waals surface area contributed by atoms with Crippen molar-refractivity contribution in [2.45, 2.75) is 13.5 Å². The topological polar surface area (TPSA) is 34.2 Å². The summed E-state index contributed by atoms with van der Waals surface area (Å²) in [6.07, 6.45) is 1.77. The molecule has 0 aliphatic rings. The van der Waals surface area contributed by atoms with Gasteiger partial charge in [-0.25, -0.2) is 4.98 Å². The highest BCUT2D eigenvalue weighted by Crippen LogP contribution is 2.18. The number of benzene rings is 1. The van der Waals surface area contributed by atoms with Gasteiger partial charge < -0.3 is 10.1 Å². The highest BCUT2D eigenvalue weighted by atomic mass is 35.5. The van der Waals surface area contributed by atoms with E-state index in [9.17, 15) is 0 Å². The third-order valence-corrected chi connectivity index (χ3v) is 2.70. The monoisotopic (exact) mass is 262 g/mol. The lowest BCUT2D eigenvalue weighted by atomic mass is 10.2. The zero-order valence-corrected chi connectivity index (χ0v) is 10.9. The Balaban J connectivity index is 2.03. The molecule has 3 nitrogen and oxygen atoms in total. The molecule has 0 saturated carbocycles. The number of halogens is 1. The summed E-state index contributed by atoms with van der Waals surface area (Å²) in [5.41, 5.74) is 1.04. The van der Waals surface area contributed by atoms with E-state index in [1.54, 1.807) is 6.20 Å². The molecule has 0 radical (unpaired) electrons. The van der Waals surface area contributed by atoms with Crippen molar-refractivity contribution < 1.29 is 4.74 Å². The van der Waals surface area contributed by atoms with Gasteiger partial charge in [0.15, 0.2) is 0 Å². The number of nitrogens with zero attached hydrogens (tertiary/aromatic N) is 1. The van der Waals surface area contributed by atoms with E-state index in [1.807, 2.05) is 43.3 Å². The molecular weight excluding hydrogens is 248 g/mol. The first kappa shape index (κ1) is 12.7. The van der Waals surface area contributed by atoms with E-state index >= 15 is 0 Å². The van der Waals surface area contributed by atoms with Crippen LogP contribution in [0, 0.1) is 0 Å². The van der Waals surface area contributed by atoms with Crippen LogP contribution in [0.2, 0.25) is 5.02 Å². The van der Waals surface area contributed by atoms with Crippen LogP contribution in [0.4, 0.5) is 5.82 Å². The van der Waals surface area contributed by atoms with E-state index < -0.39 is 0 Å². The average Bonchev–Trinajstić information content (AvgIpc) is 2.40. The number of nitrogens with one attached hydrogen (secondary N) is 1. The van der Waals surface area contributed by atoms with Crippen LogP contribution in [0.3, 0.4) is 0 Å². The van der Waals surface area contributed by atoms with Crippen molar-refractivity contribution in [2.24, 2.45) is 0 Å². The molecule has 0 aliphatic heterocycles. The van der Waals surface area contributed by atoms with E-state index in [0.717, 1.165) is 23.7 Å². The first-order chi connectivity index (χ1) is 8.79. The van der Waals surface area contributed by atoms with Gasteiger partial charge in [-0.2, -0.15) is 0 Å². The van der Waals surface area contributed by atoms with Crippen LogP contribution >= 0.6 is 11.6 Å². The van der Waals surface area contributed by atoms with Gasteiger partial charge in [-0.3, -0.25) is 0 Å². The quantitative estimate of drug-likeness (QED) is 0.891. The lowest BCUT2D eigenvalue weighted by molar-refractivity contribution is 0.306. The second kappa shape index (κ2) is 6.26. The lowest BCUT2D eigenvalue weighted by Crippen LogP contribution is -2.05. The lowest BCUT2D eigenvalue weighted by Gasteiger charge is -2.10. The fourth-order valence-corrected chi connectivity index (χ4v) is 1.70. The zero-order valence-electron chi connectivity index (χ0n) is 10.2. The van der Waals surface area contributed by atoms with Crippen LogP contribution in [0.15, 0.2) is 42.6 Å². The summed E-state index contributed by atoms with van der Waals surface area (Å²) in [4.78, 5) is 4.28. The molecule has 2 rings (SSSR count). The molecule has 2 aromatic rings. The Hall–Kier alpha value is -1.74. The van der Waals surface area contributed by atoms with Gasteiger partial charge in [-0.1, -0.05) is 17.7 Å². The number of hydrogen-bond acceptors (Lipinski definition) is 3. The van der Waals surface area contributed by atoms with Crippen LogP contribution < -0.4 is 10.1 Å². The minimum absolute atomic E-state index is 0.484. The summed E-state index contributed by atoms with van der Waals surface area (Å²) in [5.74, 6) is 1.67. The molecule has 4 heteroatoms. The van der Waals surface area contributed by atoms with Gasteiger partial charge >= 0.3 is 0 Å². The number of anilines is 1. The summed E-state index contributed by atoms with van der Waals surface area (Å²) in [5, 5.41) is 3.91. The molecule has 94 valence electrons. The van der Waals surface area contributed by atoms with Gasteiger partial charge in [0.05, 0.1) is 0 Å². The molecule has 18 heavy (non-hydrogen) atoms. The van der Waals surface area contributed by atoms with Crippen LogP contribution in [-0.4, -0.2) is 11.5 Å². The number of rotatable bonds is 5. The summed E-state index contributed by atoms with van der Waals surface area (Å²) in [6, 6.07) is 11.2. The molecule has 1 N–H and O–H groups in total. The maximum atomic E-state index is 5.82. The summed E-state index contributed by atoms with van der Waals surface area (Å²) in [7, 11) is 0. The molecule has 0 bridgehead atoms. The molecule has 0 aliphatic carbocycles. The second-order valence-corrected chi connectivity index (χ2v) is 4.22. The van der Waals surface area contributed by atoms with E-state index in [2.05, 4.69) is 10.3 Å². The number of pyridine rings is 1. The molecule has 1 heterocycles. The van der Waals surface area contributed by atoms with Crippen molar-refractivity contribution in [1.82, 2.24) is 4.98 Å². The Morgan fingerprint density at radius 3 is 2.72 bits per heavy atom.